The highest BCUT2D eigenvalue weighted by Gasteiger charge is 2.42. The number of para-hydroxylation sites is 1. The fraction of sp³-hybridized carbons (Fsp3) is 0.238. The van der Waals surface area contributed by atoms with Gasteiger partial charge in [0.25, 0.3) is 11.5 Å². The summed E-state index contributed by atoms with van der Waals surface area (Å²) in [6, 6.07) is 14.0. The Kier molecular flexibility index (Phi) is 4.54. The number of esters is 1. The fourth-order valence-corrected chi connectivity index (χ4v) is 3.46. The number of cyclic esters (lactones) is 1. The second-order valence-corrected chi connectivity index (χ2v) is 7.04. The van der Waals surface area contributed by atoms with Crippen molar-refractivity contribution in [3.63, 3.8) is 0 Å². The van der Waals surface area contributed by atoms with Crippen LogP contribution in [-0.4, -0.2) is 27.0 Å². The van der Waals surface area contributed by atoms with E-state index in [2.05, 4.69) is 15.8 Å². The molecule has 0 fully saturated rings. The van der Waals surface area contributed by atoms with Crippen molar-refractivity contribution in [2.24, 2.45) is 0 Å². The van der Waals surface area contributed by atoms with Crippen LogP contribution in [0.15, 0.2) is 53.3 Å². The molecule has 1 unspecified atom stereocenters. The first-order valence-corrected chi connectivity index (χ1v) is 9.30. The molecule has 0 radical (unpaired) electrons. The first-order chi connectivity index (χ1) is 13.9. The third-order valence-electron chi connectivity index (χ3n) is 5.03. The monoisotopic (exact) mass is 392 g/mol. The molecule has 29 heavy (non-hydrogen) atoms. The molecular weight excluding hydrogens is 372 g/mol. The van der Waals surface area contributed by atoms with E-state index < -0.39 is 17.5 Å². The molecule has 2 aromatic carbocycles. The summed E-state index contributed by atoms with van der Waals surface area (Å²) in [5.74, 6) is -0.875. The maximum Gasteiger partial charge on any atom is 0.339 e. The molecule has 1 aliphatic rings. The molecular formula is C21H20N4O4. The van der Waals surface area contributed by atoms with Crippen molar-refractivity contribution in [1.82, 2.24) is 15.0 Å². The lowest BCUT2D eigenvalue weighted by Gasteiger charge is -2.33. The lowest BCUT2D eigenvalue weighted by Crippen LogP contribution is -2.53. The van der Waals surface area contributed by atoms with Crippen LogP contribution < -0.4 is 16.4 Å². The molecule has 4 rings (SSSR count). The number of carbonyl (C=O) groups excluding carboxylic acids is 2. The summed E-state index contributed by atoms with van der Waals surface area (Å²) in [5, 5.41) is 0.496. The lowest BCUT2D eigenvalue weighted by molar-refractivity contribution is -0.139. The molecule has 0 aliphatic carbocycles. The van der Waals surface area contributed by atoms with Crippen LogP contribution >= 0.6 is 0 Å². The zero-order valence-electron chi connectivity index (χ0n) is 16.1. The first kappa shape index (κ1) is 18.7. The maximum atomic E-state index is 12.8. The van der Waals surface area contributed by atoms with Gasteiger partial charge in [-0.05, 0) is 37.6 Å². The highest BCUT2D eigenvalue weighted by Crippen LogP contribution is 2.28. The predicted molar refractivity (Wildman–Crippen MR) is 107 cm³/mol. The van der Waals surface area contributed by atoms with E-state index in [1.165, 1.54) is 4.57 Å². The second kappa shape index (κ2) is 7.05. The summed E-state index contributed by atoms with van der Waals surface area (Å²) in [6.07, 6.45) is 0.244. The number of amides is 1. The van der Waals surface area contributed by atoms with Crippen LogP contribution in [0.1, 0.15) is 29.8 Å². The molecule has 3 aromatic rings. The van der Waals surface area contributed by atoms with E-state index in [1.807, 2.05) is 13.0 Å². The van der Waals surface area contributed by atoms with Crippen LogP contribution in [0.5, 0.6) is 0 Å². The molecule has 148 valence electrons. The van der Waals surface area contributed by atoms with Crippen molar-refractivity contribution in [3.05, 3.63) is 70.0 Å². The van der Waals surface area contributed by atoms with Gasteiger partial charge in [-0.1, -0.05) is 30.3 Å². The molecule has 1 amide bonds. The second-order valence-electron chi connectivity index (χ2n) is 7.04. The minimum atomic E-state index is -1.38. The van der Waals surface area contributed by atoms with E-state index in [0.717, 1.165) is 5.56 Å². The molecule has 0 saturated heterocycles. The number of nitrogens with one attached hydrogen (secondary N) is 2. The highest BCUT2D eigenvalue weighted by molar-refractivity contribution is 5.97. The van der Waals surface area contributed by atoms with Crippen molar-refractivity contribution >= 4 is 28.7 Å². The van der Waals surface area contributed by atoms with Crippen LogP contribution in [0.2, 0.25) is 0 Å². The van der Waals surface area contributed by atoms with Gasteiger partial charge in [-0.15, -0.1) is 0 Å². The number of anilines is 1. The third-order valence-corrected chi connectivity index (χ3v) is 5.03. The SMILES string of the molecule is CCn1c(NNC(=O)C2(C)Cc3ccccc3C(=O)O2)nc2ccccc2c1=O. The Morgan fingerprint density at radius 2 is 1.90 bits per heavy atom. The summed E-state index contributed by atoms with van der Waals surface area (Å²) >= 11 is 0. The number of fused-ring (bicyclic) bond motifs is 2. The third kappa shape index (κ3) is 3.22. The van der Waals surface area contributed by atoms with Crippen LogP contribution in [0.3, 0.4) is 0 Å². The normalized spacial score (nSPS) is 18.1. The summed E-state index contributed by atoms with van der Waals surface area (Å²) in [5.41, 5.74) is 5.39. The van der Waals surface area contributed by atoms with Gasteiger partial charge in [0, 0.05) is 13.0 Å². The Morgan fingerprint density at radius 3 is 2.69 bits per heavy atom. The van der Waals surface area contributed by atoms with Gasteiger partial charge < -0.3 is 4.74 Å². The smallest absolute Gasteiger partial charge is 0.339 e. The van der Waals surface area contributed by atoms with E-state index in [1.54, 1.807) is 49.4 Å². The standard InChI is InChI=1S/C21H20N4O4/c1-3-25-17(26)15-10-6-7-11-16(15)22-20(25)24-23-19(28)21(2)12-13-8-4-5-9-14(13)18(27)29-21/h4-11H,3,12H2,1-2H3,(H,22,24)(H,23,28). The average molecular weight is 392 g/mol. The lowest BCUT2D eigenvalue weighted by atomic mass is 9.89. The van der Waals surface area contributed by atoms with Crippen molar-refractivity contribution < 1.29 is 14.3 Å². The van der Waals surface area contributed by atoms with E-state index in [0.29, 0.717) is 23.0 Å². The number of benzene rings is 2. The summed E-state index contributed by atoms with van der Waals surface area (Å²) in [6.45, 7) is 3.74. The van der Waals surface area contributed by atoms with E-state index in [4.69, 9.17) is 4.74 Å². The Bertz CT molecular complexity index is 1190. The Hall–Kier alpha value is -3.68. The highest BCUT2D eigenvalue weighted by atomic mass is 16.6. The van der Waals surface area contributed by atoms with Gasteiger partial charge in [-0.25, -0.2) is 9.78 Å². The molecule has 0 saturated carbocycles. The average Bonchev–Trinajstić information content (AvgIpc) is 2.72. The minimum Gasteiger partial charge on any atom is -0.445 e. The molecule has 8 nitrogen and oxygen atoms in total. The molecule has 1 aliphatic heterocycles. The summed E-state index contributed by atoms with van der Waals surface area (Å²) in [4.78, 5) is 42.2. The number of carbonyl (C=O) groups is 2. The van der Waals surface area contributed by atoms with Crippen molar-refractivity contribution in [3.8, 4) is 0 Å². The van der Waals surface area contributed by atoms with Gasteiger partial charge in [0.1, 0.15) is 0 Å². The van der Waals surface area contributed by atoms with Gasteiger partial charge in [0.2, 0.25) is 5.95 Å². The number of hydrazine groups is 1. The van der Waals surface area contributed by atoms with Crippen LogP contribution in [0, 0.1) is 0 Å². The molecule has 1 aromatic heterocycles. The Morgan fingerprint density at radius 1 is 1.17 bits per heavy atom. The van der Waals surface area contributed by atoms with E-state index in [-0.39, 0.29) is 17.9 Å². The fourth-order valence-electron chi connectivity index (χ4n) is 3.46. The Labute approximate surface area is 166 Å². The number of hydrogen-bond donors (Lipinski definition) is 2. The topological polar surface area (TPSA) is 102 Å². The Balaban J connectivity index is 1.59. The molecule has 0 spiro atoms. The van der Waals surface area contributed by atoms with Crippen LogP contribution in [0.25, 0.3) is 10.9 Å². The van der Waals surface area contributed by atoms with E-state index >= 15 is 0 Å². The summed E-state index contributed by atoms with van der Waals surface area (Å²) < 4.78 is 6.84. The van der Waals surface area contributed by atoms with Gasteiger partial charge in [-0.2, -0.15) is 0 Å². The first-order valence-electron chi connectivity index (χ1n) is 9.30. The van der Waals surface area contributed by atoms with Gasteiger partial charge in [0.05, 0.1) is 16.5 Å². The van der Waals surface area contributed by atoms with Crippen LogP contribution in [-0.2, 0) is 22.5 Å². The van der Waals surface area contributed by atoms with Gasteiger partial charge in [0.15, 0.2) is 5.60 Å². The predicted octanol–water partition coefficient (Wildman–Crippen LogP) is 2.03. The van der Waals surface area contributed by atoms with Crippen molar-refractivity contribution in [2.45, 2.75) is 32.4 Å². The number of ether oxygens (including phenoxy) is 1. The minimum absolute atomic E-state index is 0.204. The summed E-state index contributed by atoms with van der Waals surface area (Å²) in [7, 11) is 0. The largest absolute Gasteiger partial charge is 0.445 e. The van der Waals surface area contributed by atoms with Gasteiger partial charge in [-0.3, -0.25) is 25.0 Å². The van der Waals surface area contributed by atoms with E-state index in [9.17, 15) is 14.4 Å². The molecule has 1 atom stereocenters. The van der Waals surface area contributed by atoms with Crippen LogP contribution in [0.4, 0.5) is 5.95 Å². The molecule has 2 N–H and O–H groups in total. The number of aromatic nitrogens is 2. The number of nitrogens with zero attached hydrogens (tertiary/aromatic N) is 2. The molecule has 8 heteroatoms. The molecule has 0 bridgehead atoms. The maximum absolute atomic E-state index is 12.8. The molecule has 2 heterocycles. The number of hydrogen-bond acceptors (Lipinski definition) is 6. The quantitative estimate of drug-likeness (QED) is 0.520. The zero-order valence-corrected chi connectivity index (χ0v) is 16.1. The van der Waals surface area contributed by atoms with Gasteiger partial charge >= 0.3 is 5.97 Å². The van der Waals surface area contributed by atoms with Crippen molar-refractivity contribution in [2.75, 3.05) is 5.43 Å². The van der Waals surface area contributed by atoms with Crippen molar-refractivity contribution in [1.29, 1.82) is 0 Å². The number of rotatable bonds is 4. The zero-order chi connectivity index (χ0) is 20.6.